The van der Waals surface area contributed by atoms with E-state index in [1.165, 1.54) is 0 Å². The van der Waals surface area contributed by atoms with Crippen LogP contribution in [0.25, 0.3) is 0 Å². The zero-order valence-electron chi connectivity index (χ0n) is 11.3. The summed E-state index contributed by atoms with van der Waals surface area (Å²) < 4.78 is 5.21. The molecule has 0 amide bonds. The van der Waals surface area contributed by atoms with Crippen molar-refractivity contribution in [3.8, 4) is 0 Å². The van der Waals surface area contributed by atoms with E-state index in [1.54, 1.807) is 7.11 Å². The van der Waals surface area contributed by atoms with Gasteiger partial charge >= 0.3 is 0 Å². The van der Waals surface area contributed by atoms with E-state index in [1.807, 2.05) is 0 Å². The molecule has 0 aromatic carbocycles. The molecule has 0 fully saturated rings. The lowest BCUT2D eigenvalue weighted by Crippen LogP contribution is -2.41. The van der Waals surface area contributed by atoms with Gasteiger partial charge in [-0.2, -0.15) is 0 Å². The monoisotopic (exact) mass is 231 g/mol. The molecule has 0 radical (unpaired) electrons. The third kappa shape index (κ3) is 9.09. The van der Waals surface area contributed by atoms with Crippen molar-refractivity contribution in [2.45, 2.75) is 38.3 Å². The van der Waals surface area contributed by atoms with Crippen molar-refractivity contribution in [2.24, 2.45) is 5.73 Å². The Morgan fingerprint density at radius 3 is 2.50 bits per heavy atom. The largest absolute Gasteiger partial charge is 0.383 e. The maximum absolute atomic E-state index is 5.53. The molecule has 0 aliphatic heterocycles. The van der Waals surface area contributed by atoms with Crippen LogP contribution < -0.4 is 11.1 Å². The lowest BCUT2D eigenvalue weighted by atomic mass is 10.1. The summed E-state index contributed by atoms with van der Waals surface area (Å²) in [6, 6.07) is 0.964. The number of hydrogen-bond acceptors (Lipinski definition) is 4. The minimum absolute atomic E-state index is 0.436. The van der Waals surface area contributed by atoms with Crippen LogP contribution >= 0.6 is 0 Å². The molecule has 0 aliphatic carbocycles. The number of nitrogens with two attached hydrogens (primary N) is 1. The van der Waals surface area contributed by atoms with E-state index in [0.717, 1.165) is 39.0 Å². The summed E-state index contributed by atoms with van der Waals surface area (Å²) in [6.07, 6.45) is 3.31. The highest BCUT2D eigenvalue weighted by Gasteiger charge is 2.11. The van der Waals surface area contributed by atoms with E-state index < -0.39 is 0 Å². The van der Waals surface area contributed by atoms with Gasteiger partial charge in [0.2, 0.25) is 0 Å². The molecule has 2 unspecified atom stereocenters. The summed E-state index contributed by atoms with van der Waals surface area (Å²) in [5, 5.41) is 3.60. The fraction of sp³-hybridized carbons (Fsp3) is 1.00. The normalized spacial score (nSPS) is 15.4. The predicted molar refractivity (Wildman–Crippen MR) is 69.7 cm³/mol. The molecule has 4 heteroatoms. The molecular weight excluding hydrogens is 202 g/mol. The Kier molecular flexibility index (Phi) is 9.92. The molecule has 98 valence electrons. The lowest BCUT2D eigenvalue weighted by Gasteiger charge is -2.23. The molecule has 0 rings (SSSR count). The van der Waals surface area contributed by atoms with Crippen LogP contribution in [-0.2, 0) is 4.74 Å². The molecular formula is C12H29N3O. The van der Waals surface area contributed by atoms with Gasteiger partial charge in [-0.3, -0.25) is 0 Å². The number of rotatable bonds is 10. The van der Waals surface area contributed by atoms with Crippen LogP contribution in [0.2, 0.25) is 0 Å². The Balaban J connectivity index is 3.77. The second-order valence-electron chi connectivity index (χ2n) is 4.74. The standard InChI is InChI=1S/C12H29N3O/c1-11(7-9-15(2)3)14-12(10-16-4)6-5-8-13/h11-12,14H,5-10,13H2,1-4H3. The average Bonchev–Trinajstić information content (AvgIpc) is 2.23. The Bertz CT molecular complexity index is 153. The van der Waals surface area contributed by atoms with Gasteiger partial charge in [-0.05, 0) is 53.4 Å². The number of methoxy groups -OCH3 is 1. The van der Waals surface area contributed by atoms with Crippen LogP contribution in [-0.4, -0.2) is 57.9 Å². The minimum Gasteiger partial charge on any atom is -0.383 e. The molecule has 4 nitrogen and oxygen atoms in total. The van der Waals surface area contributed by atoms with Crippen molar-refractivity contribution in [3.63, 3.8) is 0 Å². The summed E-state index contributed by atoms with van der Waals surface area (Å²) in [5.74, 6) is 0. The van der Waals surface area contributed by atoms with Crippen LogP contribution in [0.1, 0.15) is 26.2 Å². The van der Waals surface area contributed by atoms with Crippen LogP contribution in [0.3, 0.4) is 0 Å². The number of hydrogen-bond donors (Lipinski definition) is 2. The van der Waals surface area contributed by atoms with Crippen molar-refractivity contribution in [3.05, 3.63) is 0 Å². The number of ether oxygens (including phenoxy) is 1. The highest BCUT2D eigenvalue weighted by molar-refractivity contribution is 4.72. The van der Waals surface area contributed by atoms with Gasteiger partial charge in [-0.1, -0.05) is 0 Å². The molecule has 0 saturated heterocycles. The quantitative estimate of drug-likeness (QED) is 0.580. The summed E-state index contributed by atoms with van der Waals surface area (Å²) >= 11 is 0. The van der Waals surface area contributed by atoms with Crippen molar-refractivity contribution in [1.29, 1.82) is 0 Å². The van der Waals surface area contributed by atoms with Gasteiger partial charge in [0.05, 0.1) is 6.61 Å². The molecule has 0 bridgehead atoms. The molecule has 2 atom stereocenters. The predicted octanol–water partition coefficient (Wildman–Crippen LogP) is 0.670. The van der Waals surface area contributed by atoms with Gasteiger partial charge in [0.25, 0.3) is 0 Å². The Hall–Kier alpha value is -0.160. The smallest absolute Gasteiger partial charge is 0.0615 e. The van der Waals surface area contributed by atoms with E-state index in [-0.39, 0.29) is 0 Å². The first-order valence-electron chi connectivity index (χ1n) is 6.20. The van der Waals surface area contributed by atoms with Crippen LogP contribution in [0, 0.1) is 0 Å². The van der Waals surface area contributed by atoms with E-state index in [4.69, 9.17) is 10.5 Å². The minimum atomic E-state index is 0.436. The third-order valence-electron chi connectivity index (χ3n) is 2.65. The maximum Gasteiger partial charge on any atom is 0.0615 e. The van der Waals surface area contributed by atoms with E-state index in [2.05, 4.69) is 31.2 Å². The van der Waals surface area contributed by atoms with Gasteiger partial charge in [-0.25, -0.2) is 0 Å². The SMILES string of the molecule is COCC(CCCN)NC(C)CCN(C)C. The zero-order chi connectivity index (χ0) is 12.4. The molecule has 0 saturated carbocycles. The number of nitrogens with one attached hydrogen (secondary N) is 1. The summed E-state index contributed by atoms with van der Waals surface area (Å²) in [4.78, 5) is 2.21. The van der Waals surface area contributed by atoms with Crippen molar-refractivity contribution >= 4 is 0 Å². The third-order valence-corrected chi connectivity index (χ3v) is 2.65. The summed E-state index contributed by atoms with van der Waals surface area (Å²) in [6.45, 7) is 4.87. The average molecular weight is 231 g/mol. The van der Waals surface area contributed by atoms with E-state index >= 15 is 0 Å². The molecule has 0 spiro atoms. The Morgan fingerprint density at radius 1 is 1.31 bits per heavy atom. The lowest BCUT2D eigenvalue weighted by molar-refractivity contribution is 0.155. The van der Waals surface area contributed by atoms with Crippen LogP contribution in [0.4, 0.5) is 0 Å². The summed E-state index contributed by atoms with van der Waals surface area (Å²) in [5.41, 5.74) is 5.53. The van der Waals surface area contributed by atoms with Crippen molar-refractivity contribution in [1.82, 2.24) is 10.2 Å². The number of nitrogens with zero attached hydrogens (tertiary/aromatic N) is 1. The summed E-state index contributed by atoms with van der Waals surface area (Å²) in [7, 11) is 5.96. The molecule has 0 heterocycles. The first-order valence-corrected chi connectivity index (χ1v) is 6.20. The first kappa shape index (κ1) is 15.8. The highest BCUT2D eigenvalue weighted by Crippen LogP contribution is 2.01. The van der Waals surface area contributed by atoms with Gasteiger partial charge in [-0.15, -0.1) is 0 Å². The van der Waals surface area contributed by atoms with Crippen molar-refractivity contribution < 1.29 is 4.74 Å². The maximum atomic E-state index is 5.53. The zero-order valence-corrected chi connectivity index (χ0v) is 11.3. The van der Waals surface area contributed by atoms with Gasteiger partial charge in [0.15, 0.2) is 0 Å². The van der Waals surface area contributed by atoms with E-state index in [0.29, 0.717) is 12.1 Å². The second-order valence-corrected chi connectivity index (χ2v) is 4.74. The first-order chi connectivity index (χ1) is 7.60. The molecule has 3 N–H and O–H groups in total. The van der Waals surface area contributed by atoms with Crippen LogP contribution in [0.15, 0.2) is 0 Å². The van der Waals surface area contributed by atoms with Crippen LogP contribution in [0.5, 0.6) is 0 Å². The molecule has 0 aromatic heterocycles. The van der Waals surface area contributed by atoms with Gasteiger partial charge < -0.3 is 20.7 Å². The molecule has 0 aromatic rings. The fourth-order valence-electron chi connectivity index (χ4n) is 1.72. The fourth-order valence-corrected chi connectivity index (χ4v) is 1.72. The van der Waals surface area contributed by atoms with Gasteiger partial charge in [0, 0.05) is 19.2 Å². The Morgan fingerprint density at radius 2 is 2.00 bits per heavy atom. The second kappa shape index (κ2) is 10.0. The molecule has 0 aliphatic rings. The molecule has 16 heavy (non-hydrogen) atoms. The topological polar surface area (TPSA) is 50.5 Å². The highest BCUT2D eigenvalue weighted by atomic mass is 16.5. The van der Waals surface area contributed by atoms with Crippen molar-refractivity contribution in [2.75, 3.05) is 40.9 Å². The Labute approximate surface area is 101 Å². The van der Waals surface area contributed by atoms with Gasteiger partial charge in [0.1, 0.15) is 0 Å². The van der Waals surface area contributed by atoms with E-state index in [9.17, 15) is 0 Å².